The highest BCUT2D eigenvalue weighted by Gasteiger charge is 2.32. The van der Waals surface area contributed by atoms with Crippen LogP contribution in [0, 0.1) is 0 Å². The number of hydrogen-bond acceptors (Lipinski definition) is 2. The van der Waals surface area contributed by atoms with Crippen LogP contribution in [-0.4, -0.2) is 34.7 Å². The van der Waals surface area contributed by atoms with E-state index in [0.717, 1.165) is 22.3 Å². The fraction of sp³-hybridized carbons (Fsp3) is 0.167. The maximum Gasteiger partial charge on any atom is 0.312 e. The Balaban J connectivity index is 1.62. The van der Waals surface area contributed by atoms with Crippen LogP contribution in [0.1, 0.15) is 48.2 Å². The molecule has 4 nitrogen and oxygen atoms in total. The van der Waals surface area contributed by atoms with Gasteiger partial charge in [0.05, 0.1) is 12.1 Å². The van der Waals surface area contributed by atoms with E-state index in [1.165, 1.54) is 0 Å². The van der Waals surface area contributed by atoms with E-state index < -0.39 is 11.8 Å². The second-order valence-electron chi connectivity index (χ2n) is 9.71. The van der Waals surface area contributed by atoms with Gasteiger partial charge in [0, 0.05) is 13.1 Å². The van der Waals surface area contributed by atoms with Crippen LogP contribution in [0.15, 0.2) is 133 Å². The molecule has 2 atom stereocenters. The average molecular weight is 529 g/mol. The summed E-state index contributed by atoms with van der Waals surface area (Å²) >= 11 is 0. The van der Waals surface area contributed by atoms with Crippen molar-refractivity contribution in [1.82, 2.24) is 9.80 Å². The fourth-order valence-corrected chi connectivity index (χ4v) is 4.64. The molecule has 40 heavy (non-hydrogen) atoms. The van der Waals surface area contributed by atoms with Crippen LogP contribution in [0.25, 0.3) is 12.2 Å². The van der Waals surface area contributed by atoms with Crippen molar-refractivity contribution in [1.29, 1.82) is 0 Å². The molecule has 4 rings (SSSR count). The third kappa shape index (κ3) is 7.67. The van der Waals surface area contributed by atoms with Crippen molar-refractivity contribution in [3.05, 3.63) is 156 Å². The maximum absolute atomic E-state index is 14.0. The lowest BCUT2D eigenvalue weighted by atomic mass is 10.0. The number of carbonyl (C=O) groups is 2. The zero-order valence-corrected chi connectivity index (χ0v) is 23.1. The second-order valence-corrected chi connectivity index (χ2v) is 9.71. The molecular formula is C36H36N2O2. The molecule has 0 bridgehead atoms. The summed E-state index contributed by atoms with van der Waals surface area (Å²) in [4.78, 5) is 31.3. The van der Waals surface area contributed by atoms with Gasteiger partial charge in [0.25, 0.3) is 0 Å². The molecule has 4 aromatic rings. The molecule has 0 radical (unpaired) electrons. The lowest BCUT2D eigenvalue weighted by Crippen LogP contribution is -2.47. The summed E-state index contributed by atoms with van der Waals surface area (Å²) in [5.41, 5.74) is 4.03. The first-order valence-corrected chi connectivity index (χ1v) is 13.7. The minimum absolute atomic E-state index is 0.285. The van der Waals surface area contributed by atoms with Crippen molar-refractivity contribution in [2.24, 2.45) is 0 Å². The second kappa shape index (κ2) is 14.5. The Kier molecular flexibility index (Phi) is 10.2. The highest BCUT2D eigenvalue weighted by Crippen LogP contribution is 2.24. The Morgan fingerprint density at radius 2 is 0.825 bits per heavy atom. The van der Waals surface area contributed by atoms with Crippen molar-refractivity contribution >= 4 is 24.0 Å². The first-order valence-electron chi connectivity index (χ1n) is 13.7. The molecule has 0 aliphatic heterocycles. The SMILES string of the molecule is C[C@@H](c1ccccc1)N(C/C=C/c1ccccc1)C(=O)C(=O)N(C/C=C/c1ccccc1)[C@@H](C)c1ccccc1. The zero-order chi connectivity index (χ0) is 28.2. The van der Waals surface area contributed by atoms with Gasteiger partial charge >= 0.3 is 11.8 Å². The molecule has 0 spiro atoms. The summed E-state index contributed by atoms with van der Waals surface area (Å²) in [6.45, 7) is 4.56. The van der Waals surface area contributed by atoms with E-state index in [9.17, 15) is 9.59 Å². The van der Waals surface area contributed by atoms with Gasteiger partial charge < -0.3 is 9.80 Å². The summed E-state index contributed by atoms with van der Waals surface area (Å²) in [5, 5.41) is 0. The van der Waals surface area contributed by atoms with Crippen molar-refractivity contribution in [2.75, 3.05) is 13.1 Å². The van der Waals surface area contributed by atoms with Gasteiger partial charge in [-0.2, -0.15) is 0 Å². The normalized spacial score (nSPS) is 12.8. The van der Waals surface area contributed by atoms with Crippen molar-refractivity contribution in [2.45, 2.75) is 25.9 Å². The molecule has 0 fully saturated rings. The average Bonchev–Trinajstić information content (AvgIpc) is 3.02. The van der Waals surface area contributed by atoms with Gasteiger partial charge in [-0.3, -0.25) is 9.59 Å². The van der Waals surface area contributed by atoms with Crippen LogP contribution in [0.3, 0.4) is 0 Å². The third-order valence-corrected chi connectivity index (χ3v) is 7.03. The summed E-state index contributed by atoms with van der Waals surface area (Å²) in [6.07, 6.45) is 7.85. The lowest BCUT2D eigenvalue weighted by molar-refractivity contribution is -0.153. The molecule has 4 heteroatoms. The van der Waals surface area contributed by atoms with E-state index in [1.54, 1.807) is 9.80 Å². The first kappa shape index (κ1) is 28.3. The summed E-state index contributed by atoms with van der Waals surface area (Å²) in [7, 11) is 0. The highest BCUT2D eigenvalue weighted by molar-refractivity contribution is 6.35. The third-order valence-electron chi connectivity index (χ3n) is 7.03. The smallest absolute Gasteiger partial charge is 0.312 e. The quantitative estimate of drug-likeness (QED) is 0.199. The number of hydrogen-bond donors (Lipinski definition) is 0. The molecule has 0 saturated carbocycles. The summed E-state index contributed by atoms with van der Waals surface area (Å²) in [5.74, 6) is -1.05. The number of rotatable bonds is 10. The highest BCUT2D eigenvalue weighted by atomic mass is 16.2. The van der Waals surface area contributed by atoms with Gasteiger partial charge in [0.2, 0.25) is 0 Å². The molecule has 0 aliphatic carbocycles. The first-order chi connectivity index (χ1) is 19.5. The molecule has 0 unspecified atom stereocenters. The van der Waals surface area contributed by atoms with E-state index in [4.69, 9.17) is 0 Å². The molecule has 0 aromatic heterocycles. The Hall–Kier alpha value is -4.70. The van der Waals surface area contributed by atoms with E-state index in [2.05, 4.69) is 0 Å². The van der Waals surface area contributed by atoms with Crippen LogP contribution in [0.2, 0.25) is 0 Å². The van der Waals surface area contributed by atoms with E-state index in [1.807, 2.05) is 159 Å². The van der Waals surface area contributed by atoms with Gasteiger partial charge in [-0.1, -0.05) is 146 Å². The van der Waals surface area contributed by atoms with Crippen LogP contribution >= 0.6 is 0 Å². The fourth-order valence-electron chi connectivity index (χ4n) is 4.64. The van der Waals surface area contributed by atoms with Crippen LogP contribution in [-0.2, 0) is 9.59 Å². The van der Waals surface area contributed by atoms with Crippen molar-refractivity contribution < 1.29 is 9.59 Å². The van der Waals surface area contributed by atoms with Crippen LogP contribution < -0.4 is 0 Å². The molecule has 202 valence electrons. The van der Waals surface area contributed by atoms with Crippen LogP contribution in [0.5, 0.6) is 0 Å². The number of carbonyl (C=O) groups excluding carboxylic acids is 2. The monoisotopic (exact) mass is 528 g/mol. The molecule has 0 saturated heterocycles. The standard InChI is InChI=1S/C36H36N2O2/c1-29(33-23-11-5-12-24-33)37(27-15-21-31-17-7-3-8-18-31)35(39)36(40)38(30(2)34-25-13-6-14-26-34)28-16-22-32-19-9-4-10-20-32/h3-26,29-30H,27-28H2,1-2H3/b21-15+,22-16+/t29-,30-/m0/s1. The Morgan fingerprint density at radius 1 is 0.525 bits per heavy atom. The predicted molar refractivity (Wildman–Crippen MR) is 164 cm³/mol. The van der Waals surface area contributed by atoms with Gasteiger partial charge in [0.15, 0.2) is 0 Å². The zero-order valence-electron chi connectivity index (χ0n) is 23.1. The minimum atomic E-state index is -0.523. The van der Waals surface area contributed by atoms with Crippen molar-refractivity contribution in [3.8, 4) is 0 Å². The maximum atomic E-state index is 14.0. The largest absolute Gasteiger partial charge is 0.324 e. The summed E-state index contributed by atoms with van der Waals surface area (Å²) in [6, 6.07) is 39.0. The van der Waals surface area contributed by atoms with E-state index in [-0.39, 0.29) is 12.1 Å². The summed E-state index contributed by atoms with van der Waals surface area (Å²) < 4.78 is 0. The minimum Gasteiger partial charge on any atom is -0.324 e. The lowest BCUT2D eigenvalue weighted by Gasteiger charge is -2.33. The molecule has 4 aromatic carbocycles. The van der Waals surface area contributed by atoms with E-state index >= 15 is 0 Å². The molecular weight excluding hydrogens is 492 g/mol. The Bertz CT molecular complexity index is 1290. The van der Waals surface area contributed by atoms with Gasteiger partial charge in [-0.15, -0.1) is 0 Å². The number of nitrogens with zero attached hydrogens (tertiary/aromatic N) is 2. The number of benzene rings is 4. The molecule has 2 amide bonds. The topological polar surface area (TPSA) is 40.6 Å². The van der Waals surface area contributed by atoms with Gasteiger partial charge in [0.1, 0.15) is 0 Å². The van der Waals surface area contributed by atoms with Gasteiger partial charge in [-0.25, -0.2) is 0 Å². The Labute approximate surface area is 237 Å². The van der Waals surface area contributed by atoms with Crippen LogP contribution in [0.4, 0.5) is 0 Å². The van der Waals surface area contributed by atoms with E-state index in [0.29, 0.717) is 13.1 Å². The molecule has 0 aliphatic rings. The molecule has 0 N–H and O–H groups in total. The number of amides is 2. The Morgan fingerprint density at radius 3 is 1.15 bits per heavy atom. The molecule has 0 heterocycles. The van der Waals surface area contributed by atoms with Gasteiger partial charge in [-0.05, 0) is 36.1 Å². The predicted octanol–water partition coefficient (Wildman–Crippen LogP) is 7.59. The van der Waals surface area contributed by atoms with Crippen molar-refractivity contribution in [3.63, 3.8) is 0 Å².